The van der Waals surface area contributed by atoms with Crippen molar-refractivity contribution in [3.05, 3.63) is 51.1 Å². The number of carbonyl (C=O) groups is 2. The average molecular weight is 448 g/mol. The van der Waals surface area contributed by atoms with E-state index in [1.165, 1.54) is 5.56 Å². The van der Waals surface area contributed by atoms with Gasteiger partial charge in [0.25, 0.3) is 0 Å². The van der Waals surface area contributed by atoms with E-state index in [9.17, 15) is 9.59 Å². The van der Waals surface area contributed by atoms with Crippen molar-refractivity contribution >= 4 is 44.8 Å². The number of hydrogen-bond donors (Lipinski definition) is 0. The lowest BCUT2D eigenvalue weighted by atomic mass is 10.1. The minimum Gasteiger partial charge on any atom is -0.340 e. The van der Waals surface area contributed by atoms with Gasteiger partial charge in [0, 0.05) is 55.8 Å². The number of carbonyl (C=O) groups excluding carboxylic acids is 2. The lowest BCUT2D eigenvalue weighted by Gasteiger charge is -2.35. The summed E-state index contributed by atoms with van der Waals surface area (Å²) in [5.41, 5.74) is 2.19. The third kappa shape index (κ3) is 4.25. The molecule has 1 atom stereocenters. The maximum atomic E-state index is 12.9. The normalized spacial score (nSPS) is 21.1. The Labute approximate surface area is 171 Å². The fourth-order valence-electron chi connectivity index (χ4n) is 3.79. The summed E-state index contributed by atoms with van der Waals surface area (Å²) in [6, 6.07) is 9.84. The summed E-state index contributed by atoms with van der Waals surface area (Å²) >= 11 is 5.16. The Morgan fingerprint density at radius 3 is 2.70 bits per heavy atom. The van der Waals surface area contributed by atoms with E-state index in [1.54, 1.807) is 16.2 Å². The number of piperazine rings is 1. The van der Waals surface area contributed by atoms with Crippen LogP contribution in [0.3, 0.4) is 0 Å². The smallest absolute Gasteiger partial charge is 0.228 e. The second-order valence-electron chi connectivity index (χ2n) is 7.12. The van der Waals surface area contributed by atoms with E-state index in [4.69, 9.17) is 0 Å². The quantitative estimate of drug-likeness (QED) is 0.722. The van der Waals surface area contributed by atoms with Crippen molar-refractivity contribution < 1.29 is 9.59 Å². The minimum absolute atomic E-state index is 0.0301. The highest BCUT2D eigenvalue weighted by molar-refractivity contribution is 9.10. The fourth-order valence-corrected chi connectivity index (χ4v) is 4.84. The number of anilines is 1. The molecule has 0 saturated carbocycles. The molecular formula is C20H22BrN3O2S. The van der Waals surface area contributed by atoms with E-state index in [1.807, 2.05) is 29.2 Å². The molecule has 4 rings (SSSR count). The Kier molecular flexibility index (Phi) is 5.61. The molecule has 142 valence electrons. The Hall–Kier alpha value is -1.70. The van der Waals surface area contributed by atoms with Gasteiger partial charge in [0.05, 0.1) is 5.92 Å². The van der Waals surface area contributed by atoms with Crippen LogP contribution >= 0.6 is 27.3 Å². The topological polar surface area (TPSA) is 43.9 Å². The number of amides is 2. The summed E-state index contributed by atoms with van der Waals surface area (Å²) in [7, 11) is 0. The molecule has 2 saturated heterocycles. The van der Waals surface area contributed by atoms with Gasteiger partial charge < -0.3 is 9.80 Å². The fraction of sp³-hybridized carbons (Fsp3) is 0.400. The SMILES string of the molecule is O=C(C1CC(=O)N(c2cccc(Br)c2)C1)N1CCN(Cc2ccsc2)CC1. The van der Waals surface area contributed by atoms with Crippen LogP contribution in [0.2, 0.25) is 0 Å². The molecule has 5 nitrogen and oxygen atoms in total. The zero-order chi connectivity index (χ0) is 18.8. The number of nitrogens with zero attached hydrogens (tertiary/aromatic N) is 3. The summed E-state index contributed by atoms with van der Waals surface area (Å²) in [6.45, 7) is 4.68. The van der Waals surface area contributed by atoms with Crippen LogP contribution in [0.5, 0.6) is 0 Å². The van der Waals surface area contributed by atoms with Gasteiger partial charge >= 0.3 is 0 Å². The van der Waals surface area contributed by atoms with Crippen LogP contribution in [0.25, 0.3) is 0 Å². The van der Waals surface area contributed by atoms with Gasteiger partial charge in [0.1, 0.15) is 0 Å². The highest BCUT2D eigenvalue weighted by Crippen LogP contribution is 2.28. The van der Waals surface area contributed by atoms with Crippen LogP contribution in [-0.4, -0.2) is 54.3 Å². The number of thiophene rings is 1. The minimum atomic E-state index is -0.236. The average Bonchev–Trinajstić information content (AvgIpc) is 3.31. The molecule has 2 amide bonds. The molecule has 0 bridgehead atoms. The molecule has 3 heterocycles. The van der Waals surface area contributed by atoms with Crippen molar-refractivity contribution in [2.45, 2.75) is 13.0 Å². The third-order valence-corrected chi connectivity index (χ3v) is 6.49. The largest absolute Gasteiger partial charge is 0.340 e. The molecule has 7 heteroatoms. The number of hydrogen-bond acceptors (Lipinski definition) is 4. The molecule has 0 aliphatic carbocycles. The molecule has 2 aliphatic rings. The number of benzene rings is 1. The predicted molar refractivity (Wildman–Crippen MR) is 111 cm³/mol. The van der Waals surface area contributed by atoms with E-state index >= 15 is 0 Å². The van der Waals surface area contributed by atoms with E-state index in [0.717, 1.165) is 42.9 Å². The summed E-state index contributed by atoms with van der Waals surface area (Å²) in [4.78, 5) is 31.4. The molecule has 0 radical (unpaired) electrons. The molecule has 0 spiro atoms. The van der Waals surface area contributed by atoms with Crippen molar-refractivity contribution in [1.29, 1.82) is 0 Å². The van der Waals surface area contributed by atoms with Crippen molar-refractivity contribution in [1.82, 2.24) is 9.80 Å². The molecule has 0 N–H and O–H groups in total. The molecule has 2 aliphatic heterocycles. The van der Waals surface area contributed by atoms with Crippen molar-refractivity contribution in [3.63, 3.8) is 0 Å². The third-order valence-electron chi connectivity index (χ3n) is 5.26. The van der Waals surface area contributed by atoms with Gasteiger partial charge in [-0.1, -0.05) is 22.0 Å². The Morgan fingerprint density at radius 2 is 2.00 bits per heavy atom. The number of rotatable bonds is 4. The van der Waals surface area contributed by atoms with Gasteiger partial charge in [-0.3, -0.25) is 14.5 Å². The second kappa shape index (κ2) is 8.12. The molecule has 2 aromatic rings. The van der Waals surface area contributed by atoms with Crippen LogP contribution < -0.4 is 4.90 Å². The maximum Gasteiger partial charge on any atom is 0.228 e. The van der Waals surface area contributed by atoms with Crippen molar-refractivity contribution in [2.75, 3.05) is 37.6 Å². The summed E-state index contributed by atoms with van der Waals surface area (Å²) in [5, 5.41) is 4.28. The first-order valence-corrected chi connectivity index (χ1v) is 10.9. The number of halogens is 1. The first kappa shape index (κ1) is 18.7. The molecule has 2 fully saturated rings. The van der Waals surface area contributed by atoms with Gasteiger partial charge in [0.2, 0.25) is 11.8 Å². The van der Waals surface area contributed by atoms with Crippen LogP contribution in [0, 0.1) is 5.92 Å². The zero-order valence-electron chi connectivity index (χ0n) is 15.0. The summed E-state index contributed by atoms with van der Waals surface area (Å²) in [6.07, 6.45) is 0.306. The summed E-state index contributed by atoms with van der Waals surface area (Å²) in [5.74, 6) is -0.0847. The molecule has 1 aromatic heterocycles. The Morgan fingerprint density at radius 1 is 1.19 bits per heavy atom. The molecule has 1 unspecified atom stereocenters. The van der Waals surface area contributed by atoms with Crippen molar-refractivity contribution in [2.24, 2.45) is 5.92 Å². The lowest BCUT2D eigenvalue weighted by Crippen LogP contribution is -2.50. The van der Waals surface area contributed by atoms with Gasteiger partial charge in [-0.25, -0.2) is 0 Å². The van der Waals surface area contributed by atoms with Gasteiger partial charge in [-0.2, -0.15) is 11.3 Å². The Balaban J connectivity index is 1.33. The van der Waals surface area contributed by atoms with Crippen molar-refractivity contribution in [3.8, 4) is 0 Å². The monoisotopic (exact) mass is 447 g/mol. The van der Waals surface area contributed by atoms with E-state index in [2.05, 4.69) is 37.7 Å². The first-order chi connectivity index (χ1) is 13.1. The molecule has 27 heavy (non-hydrogen) atoms. The zero-order valence-corrected chi connectivity index (χ0v) is 17.4. The standard InChI is InChI=1S/C20H22BrN3O2S/c21-17-2-1-3-18(11-17)24-13-16(10-19(24)25)20(26)23-7-5-22(6-8-23)12-15-4-9-27-14-15/h1-4,9,11,14,16H,5-8,10,12-13H2. The first-order valence-electron chi connectivity index (χ1n) is 9.18. The predicted octanol–water partition coefficient (Wildman–Crippen LogP) is 3.21. The highest BCUT2D eigenvalue weighted by atomic mass is 79.9. The molecular weight excluding hydrogens is 426 g/mol. The van der Waals surface area contributed by atoms with Crippen LogP contribution in [0.15, 0.2) is 45.6 Å². The molecule has 1 aromatic carbocycles. The lowest BCUT2D eigenvalue weighted by molar-refractivity contribution is -0.137. The van der Waals surface area contributed by atoms with Crippen LogP contribution in [0.4, 0.5) is 5.69 Å². The second-order valence-corrected chi connectivity index (χ2v) is 8.81. The van der Waals surface area contributed by atoms with Gasteiger partial charge in [0.15, 0.2) is 0 Å². The summed E-state index contributed by atoms with van der Waals surface area (Å²) < 4.78 is 0.935. The van der Waals surface area contributed by atoms with E-state index in [0.29, 0.717) is 13.0 Å². The van der Waals surface area contributed by atoms with Gasteiger partial charge in [-0.15, -0.1) is 0 Å². The van der Waals surface area contributed by atoms with Gasteiger partial charge in [-0.05, 0) is 40.6 Å². The van der Waals surface area contributed by atoms with E-state index < -0.39 is 0 Å². The Bertz CT molecular complexity index is 818. The van der Waals surface area contributed by atoms with E-state index in [-0.39, 0.29) is 17.7 Å². The highest BCUT2D eigenvalue weighted by Gasteiger charge is 2.37. The van der Waals surface area contributed by atoms with Crippen LogP contribution in [-0.2, 0) is 16.1 Å². The maximum absolute atomic E-state index is 12.9. The van der Waals surface area contributed by atoms with Crippen LogP contribution in [0.1, 0.15) is 12.0 Å².